The zero-order valence-electron chi connectivity index (χ0n) is 8.14. The number of hydrogen-bond donors (Lipinski definition) is 0. The Morgan fingerprint density at radius 1 is 1.00 bits per heavy atom. The predicted octanol–water partition coefficient (Wildman–Crippen LogP) is 4.75. The van der Waals surface area contributed by atoms with Gasteiger partial charge in [-0.15, -0.1) is 0 Å². The molecular formula is C11H14Cl2. The van der Waals surface area contributed by atoms with E-state index in [9.17, 15) is 0 Å². The Balaban J connectivity index is 3.12. The molecule has 1 aromatic rings. The highest BCUT2D eigenvalue weighted by atomic mass is 35.5. The average molecular weight is 217 g/mol. The molecule has 0 aliphatic rings. The summed E-state index contributed by atoms with van der Waals surface area (Å²) < 4.78 is 0. The molecule has 0 bridgehead atoms. The van der Waals surface area contributed by atoms with Crippen molar-refractivity contribution in [1.29, 1.82) is 0 Å². The fourth-order valence-corrected chi connectivity index (χ4v) is 2.02. The van der Waals surface area contributed by atoms with E-state index in [0.29, 0.717) is 11.8 Å². The van der Waals surface area contributed by atoms with E-state index < -0.39 is 0 Å². The largest absolute Gasteiger partial charge is 0.0840 e. The molecule has 0 aromatic heterocycles. The molecule has 1 atom stereocenters. The van der Waals surface area contributed by atoms with Gasteiger partial charge >= 0.3 is 0 Å². The topological polar surface area (TPSA) is 0 Å². The molecule has 1 rings (SSSR count). The van der Waals surface area contributed by atoms with Crippen LogP contribution in [0.1, 0.15) is 32.3 Å². The quantitative estimate of drug-likeness (QED) is 0.670. The van der Waals surface area contributed by atoms with Gasteiger partial charge in [0.05, 0.1) is 0 Å². The van der Waals surface area contributed by atoms with Crippen LogP contribution in [0.2, 0.25) is 10.0 Å². The van der Waals surface area contributed by atoms with Crippen LogP contribution in [-0.4, -0.2) is 0 Å². The molecule has 1 aromatic carbocycles. The predicted molar refractivity (Wildman–Crippen MR) is 59.7 cm³/mol. The summed E-state index contributed by atoms with van der Waals surface area (Å²) in [6.07, 6.45) is 0. The molecule has 0 amide bonds. The van der Waals surface area contributed by atoms with Crippen molar-refractivity contribution in [1.82, 2.24) is 0 Å². The third-order valence-electron chi connectivity index (χ3n) is 2.46. The monoisotopic (exact) mass is 216 g/mol. The first-order chi connectivity index (χ1) is 6.04. The molecule has 0 N–H and O–H groups in total. The molecule has 0 radical (unpaired) electrons. The van der Waals surface area contributed by atoms with E-state index in [1.165, 1.54) is 0 Å². The number of rotatable bonds is 2. The van der Waals surface area contributed by atoms with Crippen LogP contribution in [0.5, 0.6) is 0 Å². The Morgan fingerprint density at radius 2 is 1.46 bits per heavy atom. The molecule has 72 valence electrons. The van der Waals surface area contributed by atoms with E-state index in [1.807, 2.05) is 18.2 Å². The van der Waals surface area contributed by atoms with Crippen molar-refractivity contribution in [3.63, 3.8) is 0 Å². The van der Waals surface area contributed by atoms with Crippen molar-refractivity contribution in [2.24, 2.45) is 5.92 Å². The Labute approximate surface area is 89.9 Å². The Bertz CT molecular complexity index is 272. The van der Waals surface area contributed by atoms with Crippen molar-refractivity contribution < 1.29 is 0 Å². The van der Waals surface area contributed by atoms with Crippen molar-refractivity contribution in [2.45, 2.75) is 26.7 Å². The van der Waals surface area contributed by atoms with Gasteiger partial charge < -0.3 is 0 Å². The number of hydrogen-bond acceptors (Lipinski definition) is 0. The van der Waals surface area contributed by atoms with Crippen molar-refractivity contribution in [2.75, 3.05) is 0 Å². The van der Waals surface area contributed by atoms with E-state index in [1.54, 1.807) is 0 Å². The maximum atomic E-state index is 6.08. The average Bonchev–Trinajstić information content (AvgIpc) is 2.03. The molecular weight excluding hydrogens is 203 g/mol. The summed E-state index contributed by atoms with van der Waals surface area (Å²) in [5.74, 6) is 0.957. The summed E-state index contributed by atoms with van der Waals surface area (Å²) in [5, 5.41) is 1.54. The van der Waals surface area contributed by atoms with E-state index in [0.717, 1.165) is 15.6 Å². The van der Waals surface area contributed by atoms with Crippen LogP contribution in [0.3, 0.4) is 0 Å². The van der Waals surface area contributed by atoms with Crippen LogP contribution >= 0.6 is 23.2 Å². The molecule has 0 aliphatic carbocycles. The smallest absolute Gasteiger partial charge is 0.0455 e. The molecule has 1 unspecified atom stereocenters. The standard InChI is InChI=1S/C11H14Cl2/c1-7(2)8(3)11-9(12)5-4-6-10(11)13/h4-8H,1-3H3. The Hall–Kier alpha value is -0.200. The van der Waals surface area contributed by atoms with Gasteiger partial charge in [-0.3, -0.25) is 0 Å². The minimum atomic E-state index is 0.404. The van der Waals surface area contributed by atoms with Crippen LogP contribution in [0.25, 0.3) is 0 Å². The minimum absolute atomic E-state index is 0.404. The first-order valence-electron chi connectivity index (χ1n) is 4.48. The molecule has 13 heavy (non-hydrogen) atoms. The second kappa shape index (κ2) is 4.34. The van der Waals surface area contributed by atoms with Crippen LogP contribution in [0.4, 0.5) is 0 Å². The van der Waals surface area contributed by atoms with Gasteiger partial charge in [-0.25, -0.2) is 0 Å². The van der Waals surface area contributed by atoms with Crippen LogP contribution < -0.4 is 0 Å². The molecule has 2 heteroatoms. The summed E-state index contributed by atoms with van der Waals surface area (Å²) in [4.78, 5) is 0. The maximum absolute atomic E-state index is 6.08. The van der Waals surface area contributed by atoms with E-state index in [-0.39, 0.29) is 0 Å². The number of benzene rings is 1. The second-order valence-corrected chi connectivity index (χ2v) is 4.48. The normalized spacial score (nSPS) is 13.4. The molecule has 0 spiro atoms. The highest BCUT2D eigenvalue weighted by molar-refractivity contribution is 6.36. The zero-order valence-corrected chi connectivity index (χ0v) is 9.65. The lowest BCUT2D eigenvalue weighted by atomic mass is 9.90. The molecule has 0 fully saturated rings. The third-order valence-corrected chi connectivity index (χ3v) is 3.11. The lowest BCUT2D eigenvalue weighted by molar-refractivity contribution is 0.535. The van der Waals surface area contributed by atoms with Gasteiger partial charge in [-0.1, -0.05) is 50.0 Å². The van der Waals surface area contributed by atoms with Crippen LogP contribution in [0.15, 0.2) is 18.2 Å². The van der Waals surface area contributed by atoms with Crippen LogP contribution in [0, 0.1) is 5.92 Å². The molecule has 0 saturated carbocycles. The van der Waals surface area contributed by atoms with Gasteiger partial charge in [-0.05, 0) is 29.5 Å². The van der Waals surface area contributed by atoms with E-state index >= 15 is 0 Å². The Kier molecular flexibility index (Phi) is 3.63. The van der Waals surface area contributed by atoms with E-state index in [2.05, 4.69) is 20.8 Å². The maximum Gasteiger partial charge on any atom is 0.0455 e. The zero-order chi connectivity index (χ0) is 10.0. The lowest BCUT2D eigenvalue weighted by Crippen LogP contribution is -2.03. The fourth-order valence-electron chi connectivity index (χ4n) is 1.28. The first kappa shape index (κ1) is 10.9. The van der Waals surface area contributed by atoms with Crippen molar-refractivity contribution in [3.8, 4) is 0 Å². The highest BCUT2D eigenvalue weighted by Crippen LogP contribution is 2.34. The molecule has 0 saturated heterocycles. The molecule has 0 aliphatic heterocycles. The summed E-state index contributed by atoms with van der Waals surface area (Å²) >= 11 is 12.2. The summed E-state index contributed by atoms with van der Waals surface area (Å²) in [5.41, 5.74) is 1.07. The minimum Gasteiger partial charge on any atom is -0.0840 e. The van der Waals surface area contributed by atoms with Crippen molar-refractivity contribution >= 4 is 23.2 Å². The number of halogens is 2. The van der Waals surface area contributed by atoms with Gasteiger partial charge in [0.15, 0.2) is 0 Å². The second-order valence-electron chi connectivity index (χ2n) is 3.67. The third kappa shape index (κ3) is 2.38. The summed E-state index contributed by atoms with van der Waals surface area (Å²) in [6, 6.07) is 5.66. The van der Waals surface area contributed by atoms with Gasteiger partial charge in [0.2, 0.25) is 0 Å². The van der Waals surface area contributed by atoms with Gasteiger partial charge in [0.25, 0.3) is 0 Å². The Morgan fingerprint density at radius 3 is 1.85 bits per heavy atom. The van der Waals surface area contributed by atoms with Crippen molar-refractivity contribution in [3.05, 3.63) is 33.8 Å². The lowest BCUT2D eigenvalue weighted by Gasteiger charge is -2.18. The summed E-state index contributed by atoms with van der Waals surface area (Å²) in [6.45, 7) is 6.49. The van der Waals surface area contributed by atoms with E-state index in [4.69, 9.17) is 23.2 Å². The molecule has 0 heterocycles. The molecule has 0 nitrogen and oxygen atoms in total. The summed E-state index contributed by atoms with van der Waals surface area (Å²) in [7, 11) is 0. The fraction of sp³-hybridized carbons (Fsp3) is 0.455. The van der Waals surface area contributed by atoms with Gasteiger partial charge in [0.1, 0.15) is 0 Å². The SMILES string of the molecule is CC(C)C(C)c1c(Cl)cccc1Cl. The van der Waals surface area contributed by atoms with Gasteiger partial charge in [0, 0.05) is 10.0 Å². The highest BCUT2D eigenvalue weighted by Gasteiger charge is 2.16. The van der Waals surface area contributed by atoms with Gasteiger partial charge in [-0.2, -0.15) is 0 Å². The first-order valence-corrected chi connectivity index (χ1v) is 5.23. The van der Waals surface area contributed by atoms with Crippen LogP contribution in [-0.2, 0) is 0 Å².